The average molecular weight is 495 g/mol. The Morgan fingerprint density at radius 2 is 1.49 bits per heavy atom. The number of ether oxygens (including phenoxy) is 2. The lowest BCUT2D eigenvalue weighted by atomic mass is 10.0. The lowest BCUT2D eigenvalue weighted by Gasteiger charge is -2.30. The van der Waals surface area contributed by atoms with Gasteiger partial charge < -0.3 is 31.8 Å². The molecule has 1 rings (SSSR count). The van der Waals surface area contributed by atoms with Crippen LogP contribution < -0.4 is 26.7 Å². The number of carboxylic acids is 1. The number of rotatable bonds is 14. The number of benzene rings is 1. The van der Waals surface area contributed by atoms with Crippen molar-refractivity contribution in [2.75, 3.05) is 13.1 Å². The summed E-state index contributed by atoms with van der Waals surface area (Å²) in [4.78, 5) is 62.9. The number of imide groups is 1. The highest BCUT2D eigenvalue weighted by Gasteiger charge is 2.39. The molecule has 1 aromatic rings. The molecule has 2 atom stereocenters. The number of nitrogens with zero attached hydrogens (tertiary/aromatic N) is 1. The van der Waals surface area contributed by atoms with E-state index in [1.165, 1.54) is 18.2 Å². The molecule has 1 aromatic carbocycles. The van der Waals surface area contributed by atoms with Gasteiger partial charge in [0.2, 0.25) is 5.91 Å². The predicted molar refractivity (Wildman–Crippen MR) is 125 cm³/mol. The molecular weight excluding hydrogens is 460 g/mol. The topological polar surface area (TPSA) is 205 Å². The molecule has 0 aliphatic carbocycles. The van der Waals surface area contributed by atoms with Crippen molar-refractivity contribution in [3.05, 3.63) is 23.8 Å². The van der Waals surface area contributed by atoms with Crippen molar-refractivity contribution in [1.82, 2.24) is 4.90 Å². The Hall–Kier alpha value is -3.35. The lowest BCUT2D eigenvalue weighted by molar-refractivity contribution is -0.148. The van der Waals surface area contributed by atoms with Crippen LogP contribution in [-0.2, 0) is 19.2 Å². The lowest BCUT2D eigenvalue weighted by Crippen LogP contribution is -2.54. The number of carbonyl (C=O) groups excluding carboxylic acids is 4. The second-order valence-corrected chi connectivity index (χ2v) is 7.86. The fraction of sp³-hybridized carbons (Fsp3) is 0.522. The normalized spacial score (nSPS) is 12.4. The van der Waals surface area contributed by atoms with E-state index in [2.05, 4.69) is 0 Å². The maximum atomic E-state index is 13.6. The van der Waals surface area contributed by atoms with Gasteiger partial charge in [-0.3, -0.25) is 24.1 Å². The maximum absolute atomic E-state index is 13.6. The molecule has 0 aromatic heterocycles. The van der Waals surface area contributed by atoms with Gasteiger partial charge in [-0.1, -0.05) is 12.5 Å². The minimum atomic E-state index is -1.55. The van der Waals surface area contributed by atoms with E-state index in [1.54, 1.807) is 0 Å². The minimum absolute atomic E-state index is 0.0634. The SMILES string of the molecule is CC(=O)Oc1cccc(C(=O)N(C(=O)[C@@H](N)CCCCN)[C@@H](CCCCN)C(=O)O)c1OC(C)=O. The molecule has 0 fully saturated rings. The van der Waals surface area contributed by atoms with Crippen LogP contribution in [0.25, 0.3) is 0 Å². The van der Waals surface area contributed by atoms with Crippen LogP contribution in [-0.4, -0.2) is 64.9 Å². The Bertz CT molecular complexity index is 921. The molecule has 0 saturated heterocycles. The zero-order chi connectivity index (χ0) is 26.5. The summed E-state index contributed by atoms with van der Waals surface area (Å²) in [7, 11) is 0. The van der Waals surface area contributed by atoms with Gasteiger partial charge in [0.05, 0.1) is 11.6 Å². The van der Waals surface area contributed by atoms with Crippen molar-refractivity contribution in [1.29, 1.82) is 0 Å². The molecule has 0 saturated carbocycles. The van der Waals surface area contributed by atoms with Gasteiger partial charge in [0.1, 0.15) is 6.04 Å². The van der Waals surface area contributed by atoms with E-state index in [0.717, 1.165) is 13.8 Å². The van der Waals surface area contributed by atoms with Crippen LogP contribution >= 0.6 is 0 Å². The standard InChI is InChI=1S/C23H34N4O8/c1-14(28)34-19-11-7-8-16(20(19)35-15(2)29)21(30)27(18(23(32)33)10-4-6-13-25)22(31)17(26)9-3-5-12-24/h7-8,11,17-18H,3-6,9-10,12-13,24-26H2,1-2H3,(H,32,33)/t17-,18-/m0/s1. The third-order valence-corrected chi connectivity index (χ3v) is 4.98. The Balaban J connectivity index is 3.57. The van der Waals surface area contributed by atoms with Gasteiger partial charge in [0.25, 0.3) is 5.91 Å². The molecule has 0 radical (unpaired) electrons. The van der Waals surface area contributed by atoms with Gasteiger partial charge in [-0.2, -0.15) is 0 Å². The number of carbonyl (C=O) groups is 5. The van der Waals surface area contributed by atoms with Crippen molar-refractivity contribution >= 4 is 29.7 Å². The van der Waals surface area contributed by atoms with E-state index in [1.807, 2.05) is 0 Å². The van der Waals surface area contributed by atoms with Crippen LogP contribution in [0.1, 0.15) is 62.7 Å². The molecule has 0 heterocycles. The number of amides is 2. The largest absolute Gasteiger partial charge is 0.480 e. The number of hydrogen-bond donors (Lipinski definition) is 4. The van der Waals surface area contributed by atoms with Crippen LogP contribution in [0.15, 0.2) is 18.2 Å². The van der Waals surface area contributed by atoms with Gasteiger partial charge >= 0.3 is 17.9 Å². The van der Waals surface area contributed by atoms with Crippen LogP contribution in [0.2, 0.25) is 0 Å². The van der Waals surface area contributed by atoms with Crippen LogP contribution in [0.3, 0.4) is 0 Å². The first-order chi connectivity index (χ1) is 16.5. The highest BCUT2D eigenvalue weighted by atomic mass is 16.6. The van der Waals surface area contributed by atoms with E-state index in [4.69, 9.17) is 26.7 Å². The monoisotopic (exact) mass is 494 g/mol. The van der Waals surface area contributed by atoms with Gasteiger partial charge in [-0.15, -0.1) is 0 Å². The number of para-hydroxylation sites is 1. The second kappa shape index (κ2) is 14.8. The summed E-state index contributed by atoms with van der Waals surface area (Å²) in [6.45, 7) is 2.87. The van der Waals surface area contributed by atoms with E-state index < -0.39 is 47.6 Å². The third kappa shape index (κ3) is 9.08. The molecule has 194 valence electrons. The fourth-order valence-electron chi connectivity index (χ4n) is 3.35. The van der Waals surface area contributed by atoms with Crippen molar-refractivity contribution in [3.8, 4) is 11.5 Å². The van der Waals surface area contributed by atoms with E-state index in [0.29, 0.717) is 43.7 Å². The van der Waals surface area contributed by atoms with Crippen LogP contribution in [0, 0.1) is 0 Å². The highest BCUT2D eigenvalue weighted by molar-refractivity contribution is 6.10. The average Bonchev–Trinajstić information content (AvgIpc) is 2.78. The summed E-state index contributed by atoms with van der Waals surface area (Å²) in [5.74, 6) is -5.61. The maximum Gasteiger partial charge on any atom is 0.326 e. The molecule has 7 N–H and O–H groups in total. The van der Waals surface area contributed by atoms with Crippen molar-refractivity contribution in [2.45, 2.75) is 64.5 Å². The molecule has 12 nitrogen and oxygen atoms in total. The molecule has 0 spiro atoms. The Morgan fingerprint density at radius 1 is 0.914 bits per heavy atom. The first kappa shape index (κ1) is 29.7. The molecule has 12 heteroatoms. The fourth-order valence-corrected chi connectivity index (χ4v) is 3.35. The zero-order valence-corrected chi connectivity index (χ0v) is 20.0. The van der Waals surface area contributed by atoms with Gasteiger partial charge in [-0.25, -0.2) is 4.79 Å². The number of carboxylic acid groups (broad SMARTS) is 1. The van der Waals surface area contributed by atoms with Gasteiger partial charge in [0.15, 0.2) is 11.5 Å². The summed E-state index contributed by atoms with van der Waals surface area (Å²) in [6.07, 6.45) is 2.01. The minimum Gasteiger partial charge on any atom is -0.480 e. The number of esters is 2. The second-order valence-electron chi connectivity index (χ2n) is 7.86. The Kier molecular flexibility index (Phi) is 12.6. The molecule has 0 aliphatic rings. The number of unbranched alkanes of at least 4 members (excludes halogenated alkanes) is 2. The smallest absolute Gasteiger partial charge is 0.326 e. The predicted octanol–water partition coefficient (Wildman–Crippen LogP) is 0.545. The Labute approximate surface area is 203 Å². The number of aliphatic carboxylic acids is 1. The quantitative estimate of drug-likeness (QED) is 0.159. The van der Waals surface area contributed by atoms with Gasteiger partial charge in [-0.05, 0) is 57.3 Å². The molecule has 35 heavy (non-hydrogen) atoms. The number of hydrogen-bond acceptors (Lipinski definition) is 10. The number of nitrogens with two attached hydrogens (primary N) is 3. The molecule has 0 unspecified atom stereocenters. The Morgan fingerprint density at radius 3 is 2.00 bits per heavy atom. The van der Waals surface area contributed by atoms with E-state index in [9.17, 15) is 29.1 Å². The molecule has 0 bridgehead atoms. The van der Waals surface area contributed by atoms with Crippen LogP contribution in [0.4, 0.5) is 0 Å². The van der Waals surface area contributed by atoms with Crippen molar-refractivity contribution < 1.29 is 38.6 Å². The van der Waals surface area contributed by atoms with E-state index in [-0.39, 0.29) is 24.2 Å². The summed E-state index contributed by atoms with van der Waals surface area (Å²) in [6, 6.07) is 1.14. The van der Waals surface area contributed by atoms with Crippen LogP contribution in [0.5, 0.6) is 11.5 Å². The van der Waals surface area contributed by atoms with Gasteiger partial charge in [0, 0.05) is 13.8 Å². The summed E-state index contributed by atoms with van der Waals surface area (Å²) >= 11 is 0. The summed E-state index contributed by atoms with van der Waals surface area (Å²) in [5, 5.41) is 9.88. The zero-order valence-electron chi connectivity index (χ0n) is 20.0. The van der Waals surface area contributed by atoms with E-state index >= 15 is 0 Å². The summed E-state index contributed by atoms with van der Waals surface area (Å²) in [5.41, 5.74) is 16.7. The molecule has 0 aliphatic heterocycles. The summed E-state index contributed by atoms with van der Waals surface area (Å²) < 4.78 is 10.2. The molecular formula is C23H34N4O8. The first-order valence-corrected chi connectivity index (χ1v) is 11.3. The molecule has 2 amide bonds. The first-order valence-electron chi connectivity index (χ1n) is 11.3. The van der Waals surface area contributed by atoms with Crippen molar-refractivity contribution in [3.63, 3.8) is 0 Å². The third-order valence-electron chi connectivity index (χ3n) is 4.98. The highest BCUT2D eigenvalue weighted by Crippen LogP contribution is 2.33. The van der Waals surface area contributed by atoms with Crippen molar-refractivity contribution in [2.24, 2.45) is 17.2 Å².